The number of amides is 1. The van der Waals surface area contributed by atoms with Gasteiger partial charge in [-0.2, -0.15) is 5.10 Å². The number of aromatic hydroxyl groups is 1. The normalized spacial score (nSPS) is 15.6. The lowest BCUT2D eigenvalue weighted by atomic mass is 10.1. The molecule has 0 bridgehead atoms. The van der Waals surface area contributed by atoms with Gasteiger partial charge in [0.25, 0.3) is 0 Å². The van der Waals surface area contributed by atoms with Crippen molar-refractivity contribution in [2.45, 2.75) is 26.2 Å². The Morgan fingerprint density at radius 3 is 2.89 bits per heavy atom. The Balaban J connectivity index is 2.18. The summed E-state index contributed by atoms with van der Waals surface area (Å²) in [6.07, 6.45) is 2.53. The van der Waals surface area contributed by atoms with Gasteiger partial charge in [0, 0.05) is 16.0 Å². The molecule has 0 atom stereocenters. The van der Waals surface area contributed by atoms with Gasteiger partial charge >= 0.3 is 0 Å². The first kappa shape index (κ1) is 13.1. The molecule has 18 heavy (non-hydrogen) atoms. The smallest absolute Gasteiger partial charge is 0.243 e. The Bertz CT molecular complexity index is 496. The molecule has 0 aromatic heterocycles. The number of rotatable bonds is 4. The van der Waals surface area contributed by atoms with E-state index in [0.717, 1.165) is 17.3 Å². The second-order valence-corrected chi connectivity index (χ2v) is 5.24. The molecular weight excluding hydrogens is 296 g/mol. The number of halogens is 1. The number of carbonyl (C=O) groups is 1. The van der Waals surface area contributed by atoms with E-state index in [-0.39, 0.29) is 17.6 Å². The van der Waals surface area contributed by atoms with Gasteiger partial charge in [-0.05, 0) is 37.5 Å². The minimum atomic E-state index is -0.0320. The number of hydrogen-bond donors (Lipinski definition) is 2. The Morgan fingerprint density at radius 1 is 1.56 bits per heavy atom. The maximum absolute atomic E-state index is 11.5. The van der Waals surface area contributed by atoms with Crippen LogP contribution in [0.25, 0.3) is 0 Å². The van der Waals surface area contributed by atoms with Crippen LogP contribution >= 0.6 is 15.9 Å². The van der Waals surface area contributed by atoms with E-state index in [9.17, 15) is 9.90 Å². The number of benzene rings is 1. The number of phenols is 1. The first-order valence-corrected chi connectivity index (χ1v) is 6.76. The van der Waals surface area contributed by atoms with Gasteiger partial charge in [0.05, 0.1) is 5.71 Å². The zero-order valence-electron chi connectivity index (χ0n) is 10.1. The van der Waals surface area contributed by atoms with E-state index in [1.165, 1.54) is 0 Å². The third-order valence-electron chi connectivity index (χ3n) is 2.85. The van der Waals surface area contributed by atoms with Crippen molar-refractivity contribution in [1.29, 1.82) is 0 Å². The largest absolute Gasteiger partial charge is 0.507 e. The second kappa shape index (κ2) is 5.52. The van der Waals surface area contributed by atoms with Crippen molar-refractivity contribution in [3.05, 3.63) is 28.2 Å². The molecule has 1 amide bonds. The molecule has 0 aliphatic heterocycles. The van der Waals surface area contributed by atoms with Crippen LogP contribution in [0.5, 0.6) is 5.75 Å². The highest BCUT2D eigenvalue weighted by molar-refractivity contribution is 9.10. The molecule has 1 fully saturated rings. The molecule has 0 heterocycles. The van der Waals surface area contributed by atoms with Crippen molar-refractivity contribution in [3.63, 3.8) is 0 Å². The van der Waals surface area contributed by atoms with Crippen LogP contribution in [-0.4, -0.2) is 16.7 Å². The molecule has 4 nitrogen and oxygen atoms in total. The lowest BCUT2D eigenvalue weighted by Crippen LogP contribution is -2.21. The minimum Gasteiger partial charge on any atom is -0.507 e. The summed E-state index contributed by atoms with van der Waals surface area (Å²) in [4.78, 5) is 11.5. The fourth-order valence-electron chi connectivity index (χ4n) is 1.63. The first-order valence-electron chi connectivity index (χ1n) is 5.97. The fraction of sp³-hybridized carbons (Fsp3) is 0.385. The molecule has 2 N–H and O–H groups in total. The SMILES string of the molecule is CC/C(=N\NC(=O)C1CC1)c1cc(Br)ccc1O. The summed E-state index contributed by atoms with van der Waals surface area (Å²) in [6.45, 7) is 1.93. The third-order valence-corrected chi connectivity index (χ3v) is 3.35. The monoisotopic (exact) mass is 310 g/mol. The van der Waals surface area contributed by atoms with Gasteiger partial charge in [-0.15, -0.1) is 0 Å². The molecule has 5 heteroatoms. The predicted octanol–water partition coefficient (Wildman–Crippen LogP) is 2.80. The van der Waals surface area contributed by atoms with Gasteiger partial charge in [-0.1, -0.05) is 22.9 Å². The topological polar surface area (TPSA) is 61.7 Å². The van der Waals surface area contributed by atoms with Gasteiger partial charge in [-0.25, -0.2) is 5.43 Å². The number of hydrazone groups is 1. The quantitative estimate of drug-likeness (QED) is 0.663. The van der Waals surface area contributed by atoms with E-state index in [4.69, 9.17) is 0 Å². The molecule has 1 saturated carbocycles. The van der Waals surface area contributed by atoms with E-state index in [1.807, 2.05) is 6.92 Å². The Hall–Kier alpha value is -1.36. The number of phenolic OH excluding ortho intramolecular Hbond substituents is 1. The standard InChI is InChI=1S/C13H15BrN2O2/c1-2-11(15-16-13(18)8-3-4-8)10-7-9(14)5-6-12(10)17/h5-8,17H,2-4H2,1H3,(H,16,18)/b15-11+. The van der Waals surface area contributed by atoms with Crippen LogP contribution in [0.15, 0.2) is 27.8 Å². The predicted molar refractivity (Wildman–Crippen MR) is 73.5 cm³/mol. The van der Waals surface area contributed by atoms with Crippen LogP contribution in [0.4, 0.5) is 0 Å². The van der Waals surface area contributed by atoms with E-state index >= 15 is 0 Å². The van der Waals surface area contributed by atoms with E-state index < -0.39 is 0 Å². The average Bonchev–Trinajstić information content (AvgIpc) is 3.18. The fourth-order valence-corrected chi connectivity index (χ4v) is 1.99. The summed E-state index contributed by atoms with van der Waals surface area (Å²) in [6, 6.07) is 5.16. The molecular formula is C13H15BrN2O2. The van der Waals surface area contributed by atoms with Crippen LogP contribution in [0, 0.1) is 5.92 Å². The summed E-state index contributed by atoms with van der Waals surface area (Å²) >= 11 is 3.35. The Labute approximate surface area is 114 Å². The zero-order chi connectivity index (χ0) is 13.1. The number of nitrogens with one attached hydrogen (secondary N) is 1. The van der Waals surface area contributed by atoms with Crippen molar-refractivity contribution in [2.75, 3.05) is 0 Å². The van der Waals surface area contributed by atoms with Crippen molar-refractivity contribution in [1.82, 2.24) is 5.43 Å². The molecule has 1 aliphatic rings. The molecule has 0 unspecified atom stereocenters. The summed E-state index contributed by atoms with van der Waals surface area (Å²) in [5, 5.41) is 13.9. The third kappa shape index (κ3) is 3.10. The summed E-state index contributed by atoms with van der Waals surface area (Å²) in [5.74, 6) is 0.262. The van der Waals surface area contributed by atoms with Crippen molar-refractivity contribution in [3.8, 4) is 5.75 Å². The van der Waals surface area contributed by atoms with Crippen molar-refractivity contribution >= 4 is 27.5 Å². The maximum atomic E-state index is 11.5. The van der Waals surface area contributed by atoms with Crippen LogP contribution in [0.1, 0.15) is 31.7 Å². The van der Waals surface area contributed by atoms with Gasteiger partial charge in [0.15, 0.2) is 0 Å². The molecule has 96 valence electrons. The van der Waals surface area contributed by atoms with Crippen molar-refractivity contribution < 1.29 is 9.90 Å². The van der Waals surface area contributed by atoms with Gasteiger partial charge < -0.3 is 5.11 Å². The van der Waals surface area contributed by atoms with Gasteiger partial charge in [0.1, 0.15) is 5.75 Å². The summed E-state index contributed by atoms with van der Waals surface area (Å²) in [7, 11) is 0. The van der Waals surface area contributed by atoms with Gasteiger partial charge in [0.2, 0.25) is 5.91 Å². The zero-order valence-corrected chi connectivity index (χ0v) is 11.7. The number of hydrogen-bond acceptors (Lipinski definition) is 3. The highest BCUT2D eigenvalue weighted by Gasteiger charge is 2.29. The molecule has 1 aromatic carbocycles. The number of carbonyl (C=O) groups excluding carboxylic acids is 1. The first-order chi connectivity index (χ1) is 8.61. The molecule has 0 saturated heterocycles. The average molecular weight is 311 g/mol. The second-order valence-electron chi connectivity index (χ2n) is 4.32. The van der Waals surface area contributed by atoms with E-state index in [1.54, 1.807) is 18.2 Å². The van der Waals surface area contributed by atoms with E-state index in [0.29, 0.717) is 17.7 Å². The Kier molecular flexibility index (Phi) is 4.01. The molecule has 1 aromatic rings. The van der Waals surface area contributed by atoms with Crippen LogP contribution in [0.3, 0.4) is 0 Å². The molecule has 0 spiro atoms. The molecule has 2 rings (SSSR count). The maximum Gasteiger partial charge on any atom is 0.243 e. The summed E-state index contributed by atoms with van der Waals surface area (Å²) < 4.78 is 0.866. The van der Waals surface area contributed by atoms with E-state index in [2.05, 4.69) is 26.5 Å². The molecule has 0 radical (unpaired) electrons. The minimum absolute atomic E-state index is 0.0320. The van der Waals surface area contributed by atoms with Gasteiger partial charge in [-0.3, -0.25) is 4.79 Å². The highest BCUT2D eigenvalue weighted by atomic mass is 79.9. The Morgan fingerprint density at radius 2 is 2.28 bits per heavy atom. The van der Waals surface area contributed by atoms with Crippen LogP contribution < -0.4 is 5.43 Å². The lowest BCUT2D eigenvalue weighted by molar-refractivity contribution is -0.122. The lowest BCUT2D eigenvalue weighted by Gasteiger charge is -2.07. The summed E-state index contributed by atoms with van der Waals surface area (Å²) in [5.41, 5.74) is 3.87. The van der Waals surface area contributed by atoms with Crippen molar-refractivity contribution in [2.24, 2.45) is 11.0 Å². The number of nitrogens with zero attached hydrogens (tertiary/aromatic N) is 1. The highest BCUT2D eigenvalue weighted by Crippen LogP contribution is 2.29. The van der Waals surface area contributed by atoms with Crippen LogP contribution in [0.2, 0.25) is 0 Å². The molecule has 1 aliphatic carbocycles. The van der Waals surface area contributed by atoms with Crippen LogP contribution in [-0.2, 0) is 4.79 Å².